The molecule has 1 heterocycles. The third kappa shape index (κ3) is 1.62. The molecular weight excluding hydrogens is 162 g/mol. The van der Waals surface area contributed by atoms with Gasteiger partial charge < -0.3 is 10.1 Å². The van der Waals surface area contributed by atoms with Crippen LogP contribution in [0.1, 0.15) is 33.6 Å². The molecule has 2 heteroatoms. The normalized spacial score (nSPS) is 43.4. The topological polar surface area (TPSA) is 21.3 Å². The van der Waals surface area contributed by atoms with E-state index in [0.717, 1.165) is 12.5 Å². The van der Waals surface area contributed by atoms with Gasteiger partial charge in [-0.05, 0) is 32.2 Å². The van der Waals surface area contributed by atoms with Crippen molar-refractivity contribution in [1.82, 2.24) is 5.32 Å². The molecule has 0 amide bonds. The van der Waals surface area contributed by atoms with Gasteiger partial charge in [0, 0.05) is 18.1 Å². The first-order valence-electron chi connectivity index (χ1n) is 5.50. The van der Waals surface area contributed by atoms with Crippen LogP contribution in [0.4, 0.5) is 0 Å². The van der Waals surface area contributed by atoms with Crippen LogP contribution in [0.25, 0.3) is 0 Å². The molecule has 1 saturated carbocycles. The SMILES string of the molecule is CC(C)NCC1CC12CCOC2C. The Labute approximate surface area is 81.0 Å². The van der Waals surface area contributed by atoms with Crippen LogP contribution >= 0.6 is 0 Å². The molecule has 0 aromatic rings. The zero-order valence-corrected chi connectivity index (χ0v) is 8.97. The van der Waals surface area contributed by atoms with E-state index in [1.54, 1.807) is 0 Å². The smallest absolute Gasteiger partial charge is 0.0607 e. The molecule has 1 spiro atoms. The van der Waals surface area contributed by atoms with E-state index in [4.69, 9.17) is 4.74 Å². The molecule has 1 aliphatic heterocycles. The van der Waals surface area contributed by atoms with Crippen molar-refractivity contribution in [2.24, 2.45) is 11.3 Å². The fourth-order valence-electron chi connectivity index (χ4n) is 2.65. The molecule has 2 rings (SSSR count). The van der Waals surface area contributed by atoms with Crippen LogP contribution in [-0.4, -0.2) is 25.3 Å². The first kappa shape index (κ1) is 9.47. The quantitative estimate of drug-likeness (QED) is 0.720. The molecule has 0 aromatic carbocycles. The summed E-state index contributed by atoms with van der Waals surface area (Å²) in [6.45, 7) is 8.83. The molecule has 0 radical (unpaired) electrons. The summed E-state index contributed by atoms with van der Waals surface area (Å²) in [5.74, 6) is 0.882. The molecule has 13 heavy (non-hydrogen) atoms. The summed E-state index contributed by atoms with van der Waals surface area (Å²) < 4.78 is 5.64. The predicted octanol–water partition coefficient (Wildman–Crippen LogP) is 1.80. The fourth-order valence-corrected chi connectivity index (χ4v) is 2.65. The number of hydrogen-bond acceptors (Lipinski definition) is 2. The summed E-state index contributed by atoms with van der Waals surface area (Å²) in [7, 11) is 0. The Morgan fingerprint density at radius 1 is 1.54 bits per heavy atom. The zero-order valence-electron chi connectivity index (χ0n) is 8.97. The van der Waals surface area contributed by atoms with E-state index in [2.05, 4.69) is 26.1 Å². The van der Waals surface area contributed by atoms with E-state index in [1.807, 2.05) is 0 Å². The molecule has 3 atom stereocenters. The Morgan fingerprint density at radius 3 is 2.85 bits per heavy atom. The van der Waals surface area contributed by atoms with Gasteiger partial charge in [-0.15, -0.1) is 0 Å². The molecule has 1 aliphatic carbocycles. The molecule has 1 N–H and O–H groups in total. The van der Waals surface area contributed by atoms with Gasteiger partial charge in [0.05, 0.1) is 6.10 Å². The maximum atomic E-state index is 5.64. The Bertz CT molecular complexity index is 193. The van der Waals surface area contributed by atoms with Gasteiger partial charge in [0.25, 0.3) is 0 Å². The lowest BCUT2D eigenvalue weighted by Gasteiger charge is -2.15. The second kappa shape index (κ2) is 3.25. The van der Waals surface area contributed by atoms with Crippen molar-refractivity contribution < 1.29 is 4.74 Å². The largest absolute Gasteiger partial charge is 0.378 e. The standard InChI is InChI=1S/C11H21NO/c1-8(2)12-7-10-6-11(10)4-5-13-9(11)3/h8-10,12H,4-7H2,1-3H3. The minimum Gasteiger partial charge on any atom is -0.378 e. The molecule has 0 bridgehead atoms. The van der Waals surface area contributed by atoms with Crippen LogP contribution in [0.2, 0.25) is 0 Å². The highest BCUT2D eigenvalue weighted by Gasteiger charge is 2.59. The molecule has 0 aromatic heterocycles. The summed E-state index contributed by atoms with van der Waals surface area (Å²) in [5, 5.41) is 3.52. The van der Waals surface area contributed by atoms with Crippen molar-refractivity contribution in [3.05, 3.63) is 0 Å². The highest BCUT2D eigenvalue weighted by atomic mass is 16.5. The van der Waals surface area contributed by atoms with E-state index >= 15 is 0 Å². The van der Waals surface area contributed by atoms with E-state index in [9.17, 15) is 0 Å². The van der Waals surface area contributed by atoms with Gasteiger partial charge in [0.15, 0.2) is 0 Å². The molecule has 3 unspecified atom stereocenters. The first-order chi connectivity index (χ1) is 6.15. The van der Waals surface area contributed by atoms with E-state index in [0.29, 0.717) is 17.6 Å². The lowest BCUT2D eigenvalue weighted by molar-refractivity contribution is 0.0951. The van der Waals surface area contributed by atoms with Crippen molar-refractivity contribution in [2.75, 3.05) is 13.2 Å². The van der Waals surface area contributed by atoms with Crippen molar-refractivity contribution in [1.29, 1.82) is 0 Å². The third-order valence-corrected chi connectivity index (χ3v) is 3.80. The van der Waals surface area contributed by atoms with Gasteiger partial charge in [-0.1, -0.05) is 13.8 Å². The minimum atomic E-state index is 0.506. The van der Waals surface area contributed by atoms with E-state index < -0.39 is 0 Å². The monoisotopic (exact) mass is 183 g/mol. The van der Waals surface area contributed by atoms with Gasteiger partial charge in [0.1, 0.15) is 0 Å². The summed E-state index contributed by atoms with van der Waals surface area (Å²) in [5.41, 5.74) is 0.571. The second-order valence-electron chi connectivity index (χ2n) is 4.96. The van der Waals surface area contributed by atoms with Crippen molar-refractivity contribution >= 4 is 0 Å². The van der Waals surface area contributed by atoms with Gasteiger partial charge in [0.2, 0.25) is 0 Å². The van der Waals surface area contributed by atoms with Gasteiger partial charge in [-0.25, -0.2) is 0 Å². The molecule has 2 nitrogen and oxygen atoms in total. The molecule has 2 fully saturated rings. The maximum absolute atomic E-state index is 5.64. The van der Waals surface area contributed by atoms with E-state index in [1.165, 1.54) is 19.4 Å². The Balaban J connectivity index is 1.80. The van der Waals surface area contributed by atoms with Gasteiger partial charge >= 0.3 is 0 Å². The number of rotatable bonds is 3. The lowest BCUT2D eigenvalue weighted by Crippen LogP contribution is -2.28. The lowest BCUT2D eigenvalue weighted by atomic mass is 9.96. The van der Waals surface area contributed by atoms with Crippen LogP contribution in [0, 0.1) is 11.3 Å². The number of ether oxygens (including phenoxy) is 1. The second-order valence-corrected chi connectivity index (χ2v) is 4.96. The molecule has 1 saturated heterocycles. The van der Waals surface area contributed by atoms with Crippen LogP contribution in [0.15, 0.2) is 0 Å². The van der Waals surface area contributed by atoms with Crippen molar-refractivity contribution in [2.45, 2.75) is 45.8 Å². The highest BCUT2D eigenvalue weighted by Crippen LogP contribution is 2.60. The summed E-state index contributed by atoms with van der Waals surface area (Å²) in [4.78, 5) is 0. The number of nitrogens with one attached hydrogen (secondary N) is 1. The molecular formula is C11H21NO. The molecule has 76 valence electrons. The molecule has 2 aliphatic rings. The summed E-state index contributed by atoms with van der Waals surface area (Å²) in [6.07, 6.45) is 3.18. The first-order valence-corrected chi connectivity index (χ1v) is 5.50. The third-order valence-electron chi connectivity index (χ3n) is 3.80. The van der Waals surface area contributed by atoms with Crippen molar-refractivity contribution in [3.8, 4) is 0 Å². The summed E-state index contributed by atoms with van der Waals surface area (Å²) in [6, 6.07) is 0.621. The fraction of sp³-hybridized carbons (Fsp3) is 1.00. The van der Waals surface area contributed by atoms with Crippen molar-refractivity contribution in [3.63, 3.8) is 0 Å². The van der Waals surface area contributed by atoms with Crippen LogP contribution < -0.4 is 5.32 Å². The predicted molar refractivity (Wildman–Crippen MR) is 53.7 cm³/mol. The Kier molecular flexibility index (Phi) is 2.37. The van der Waals surface area contributed by atoms with Crippen LogP contribution in [0.5, 0.6) is 0 Å². The average Bonchev–Trinajstić information content (AvgIpc) is 2.64. The Morgan fingerprint density at radius 2 is 2.31 bits per heavy atom. The van der Waals surface area contributed by atoms with Crippen LogP contribution in [-0.2, 0) is 4.74 Å². The van der Waals surface area contributed by atoms with Gasteiger partial charge in [-0.3, -0.25) is 0 Å². The van der Waals surface area contributed by atoms with Crippen LogP contribution in [0.3, 0.4) is 0 Å². The summed E-state index contributed by atoms with van der Waals surface area (Å²) >= 11 is 0. The maximum Gasteiger partial charge on any atom is 0.0607 e. The van der Waals surface area contributed by atoms with E-state index in [-0.39, 0.29) is 0 Å². The minimum absolute atomic E-state index is 0.506. The number of hydrogen-bond donors (Lipinski definition) is 1. The average molecular weight is 183 g/mol. The zero-order chi connectivity index (χ0) is 9.47. The Hall–Kier alpha value is -0.0800. The van der Waals surface area contributed by atoms with Gasteiger partial charge in [-0.2, -0.15) is 0 Å². The highest BCUT2D eigenvalue weighted by molar-refractivity contribution is 5.09.